The summed E-state index contributed by atoms with van der Waals surface area (Å²) in [5.41, 5.74) is 1.67. The predicted molar refractivity (Wildman–Crippen MR) is 121 cm³/mol. The second-order valence-electron chi connectivity index (χ2n) is 7.09. The molecule has 9 nitrogen and oxygen atoms in total. The normalized spacial score (nSPS) is 11.7. The van der Waals surface area contributed by atoms with Crippen LogP contribution in [0.25, 0.3) is 27.9 Å². The van der Waals surface area contributed by atoms with Gasteiger partial charge in [0, 0.05) is 23.4 Å². The Morgan fingerprint density at radius 2 is 1.66 bits per heavy atom. The quantitative estimate of drug-likeness (QED) is 0.449. The lowest BCUT2D eigenvalue weighted by atomic mass is 10.2. The van der Waals surface area contributed by atoms with Crippen LogP contribution in [-0.4, -0.2) is 39.2 Å². The summed E-state index contributed by atoms with van der Waals surface area (Å²) in [6, 6.07) is 18.8. The Balaban J connectivity index is 1.70. The summed E-state index contributed by atoms with van der Waals surface area (Å²) in [5, 5.41) is 8.37. The summed E-state index contributed by atoms with van der Waals surface area (Å²) in [7, 11) is -3.31. The van der Waals surface area contributed by atoms with Gasteiger partial charge in [0.2, 0.25) is 5.95 Å². The highest BCUT2D eigenvalue weighted by Crippen LogP contribution is 2.25. The summed E-state index contributed by atoms with van der Waals surface area (Å²) >= 11 is 0. The smallest absolute Gasteiger partial charge is 0.293 e. The molecular formula is C22H16N6O3S. The molecule has 2 aromatic carbocycles. The van der Waals surface area contributed by atoms with Gasteiger partial charge in [-0.1, -0.05) is 18.2 Å². The van der Waals surface area contributed by atoms with E-state index in [1.165, 1.54) is 22.8 Å². The lowest BCUT2D eigenvalue weighted by molar-refractivity contribution is 0.602. The Morgan fingerprint density at radius 3 is 2.44 bits per heavy atom. The lowest BCUT2D eigenvalue weighted by Gasteiger charge is -2.07. The summed E-state index contributed by atoms with van der Waals surface area (Å²) in [6.07, 6.45) is 2.58. The van der Waals surface area contributed by atoms with E-state index < -0.39 is 15.4 Å². The SMILES string of the molecule is CS(=O)(=O)c1ccc(-c2nc3c4ccccc4nc(Nc4ccccnc4=O)n3n2)cc1. The van der Waals surface area contributed by atoms with Crippen molar-refractivity contribution in [2.75, 3.05) is 11.6 Å². The third-order valence-corrected chi connectivity index (χ3v) is 5.98. The molecule has 32 heavy (non-hydrogen) atoms. The third kappa shape index (κ3) is 3.56. The van der Waals surface area contributed by atoms with Crippen molar-refractivity contribution in [2.24, 2.45) is 0 Å². The first-order valence-corrected chi connectivity index (χ1v) is 11.5. The van der Waals surface area contributed by atoms with Crippen molar-refractivity contribution < 1.29 is 8.42 Å². The van der Waals surface area contributed by atoms with E-state index in [9.17, 15) is 13.2 Å². The van der Waals surface area contributed by atoms with Crippen molar-refractivity contribution in [3.05, 3.63) is 83.3 Å². The highest BCUT2D eigenvalue weighted by Gasteiger charge is 2.16. The number of anilines is 2. The molecule has 0 bridgehead atoms. The van der Waals surface area contributed by atoms with Crippen LogP contribution in [0.3, 0.4) is 0 Å². The zero-order valence-corrected chi connectivity index (χ0v) is 17.6. The number of rotatable bonds is 4. The van der Waals surface area contributed by atoms with Gasteiger partial charge in [-0.2, -0.15) is 4.52 Å². The third-order valence-electron chi connectivity index (χ3n) is 4.85. The van der Waals surface area contributed by atoms with Crippen molar-refractivity contribution in [3.8, 4) is 11.4 Å². The maximum Gasteiger partial charge on any atom is 0.293 e. The second kappa shape index (κ2) is 7.50. The number of hydrogen-bond donors (Lipinski definition) is 1. The number of nitrogens with zero attached hydrogens (tertiary/aromatic N) is 5. The molecule has 0 fully saturated rings. The van der Waals surface area contributed by atoms with E-state index in [-0.39, 0.29) is 10.6 Å². The van der Waals surface area contributed by atoms with Crippen LogP contribution in [0.5, 0.6) is 0 Å². The van der Waals surface area contributed by atoms with Gasteiger partial charge < -0.3 is 5.32 Å². The molecule has 0 saturated heterocycles. The Hall–Kier alpha value is -4.18. The van der Waals surface area contributed by atoms with Gasteiger partial charge >= 0.3 is 0 Å². The van der Waals surface area contributed by atoms with Crippen LogP contribution in [0.4, 0.5) is 11.6 Å². The molecule has 5 rings (SSSR count). The minimum Gasteiger partial charge on any atom is -0.319 e. The van der Waals surface area contributed by atoms with Crippen LogP contribution < -0.4 is 10.9 Å². The van der Waals surface area contributed by atoms with Crippen molar-refractivity contribution >= 4 is 38.0 Å². The highest BCUT2D eigenvalue weighted by atomic mass is 32.2. The Kier molecular flexibility index (Phi) is 4.63. The highest BCUT2D eigenvalue weighted by molar-refractivity contribution is 7.90. The standard InChI is InChI=1S/C22H16N6O3S/c1-32(30,31)15-11-9-14(10-12-15)19-26-20-16-6-2-3-7-17(16)24-22(28(20)27-19)25-18-8-4-5-13-23-21(18)29/h2-13H,1H3,(H,23,24,25,29). The van der Waals surface area contributed by atoms with Gasteiger partial charge in [0.1, 0.15) is 5.69 Å². The lowest BCUT2D eigenvalue weighted by Crippen LogP contribution is -2.11. The first kappa shape index (κ1) is 19.8. The average molecular weight is 444 g/mol. The van der Waals surface area contributed by atoms with Crippen molar-refractivity contribution in [1.29, 1.82) is 0 Å². The maximum atomic E-state index is 12.3. The van der Waals surface area contributed by atoms with Gasteiger partial charge in [0.05, 0.1) is 10.4 Å². The fourth-order valence-electron chi connectivity index (χ4n) is 3.28. The second-order valence-corrected chi connectivity index (χ2v) is 9.11. The maximum absolute atomic E-state index is 12.3. The summed E-state index contributed by atoms with van der Waals surface area (Å²) in [5.74, 6) is 0.695. The van der Waals surface area contributed by atoms with Crippen LogP contribution in [-0.2, 0) is 9.84 Å². The zero-order valence-electron chi connectivity index (χ0n) is 16.8. The molecule has 0 radical (unpaired) electrons. The number of para-hydroxylation sites is 1. The first-order chi connectivity index (χ1) is 15.4. The number of fused-ring (bicyclic) bond motifs is 3. The van der Waals surface area contributed by atoms with Gasteiger partial charge in [-0.15, -0.1) is 5.10 Å². The molecule has 3 aromatic heterocycles. The van der Waals surface area contributed by atoms with Gasteiger partial charge in [0.15, 0.2) is 21.3 Å². The molecule has 0 amide bonds. The summed E-state index contributed by atoms with van der Waals surface area (Å²) < 4.78 is 25.0. The van der Waals surface area contributed by atoms with E-state index in [1.54, 1.807) is 30.3 Å². The molecule has 1 N–H and O–H groups in total. The molecule has 0 aliphatic heterocycles. The van der Waals surface area contributed by atoms with E-state index in [4.69, 9.17) is 0 Å². The van der Waals surface area contributed by atoms with E-state index >= 15 is 0 Å². The van der Waals surface area contributed by atoms with E-state index in [2.05, 4.69) is 25.4 Å². The molecule has 0 unspecified atom stereocenters. The van der Waals surface area contributed by atoms with Gasteiger partial charge in [0.25, 0.3) is 5.56 Å². The van der Waals surface area contributed by atoms with Crippen LogP contribution in [0, 0.1) is 0 Å². The Morgan fingerprint density at radius 1 is 0.906 bits per heavy atom. The largest absolute Gasteiger partial charge is 0.319 e. The van der Waals surface area contributed by atoms with Crippen molar-refractivity contribution in [1.82, 2.24) is 24.6 Å². The summed E-state index contributed by atoms with van der Waals surface area (Å²) in [4.78, 5) is 25.6. The van der Waals surface area contributed by atoms with Gasteiger partial charge in [-0.25, -0.2) is 23.4 Å². The summed E-state index contributed by atoms with van der Waals surface area (Å²) in [6.45, 7) is 0. The number of benzene rings is 2. The monoisotopic (exact) mass is 444 g/mol. The first-order valence-electron chi connectivity index (χ1n) is 9.58. The van der Waals surface area contributed by atoms with Crippen LogP contribution in [0.1, 0.15) is 0 Å². The molecule has 0 saturated carbocycles. The van der Waals surface area contributed by atoms with Gasteiger partial charge in [-0.3, -0.25) is 4.79 Å². The van der Waals surface area contributed by atoms with Crippen LogP contribution >= 0.6 is 0 Å². The molecule has 0 atom stereocenters. The topological polar surface area (TPSA) is 119 Å². The molecule has 0 spiro atoms. The zero-order chi connectivity index (χ0) is 22.3. The molecule has 5 aromatic rings. The van der Waals surface area contributed by atoms with E-state index in [1.807, 2.05) is 24.3 Å². The Labute approximate surface area is 182 Å². The fourth-order valence-corrected chi connectivity index (χ4v) is 3.91. The number of aromatic nitrogens is 5. The van der Waals surface area contributed by atoms with Gasteiger partial charge in [-0.05, 0) is 48.5 Å². The van der Waals surface area contributed by atoms with Crippen LogP contribution in [0.2, 0.25) is 0 Å². The average Bonchev–Trinajstić information content (AvgIpc) is 3.14. The molecule has 3 heterocycles. The molecule has 0 aliphatic rings. The minimum atomic E-state index is -3.31. The van der Waals surface area contributed by atoms with Crippen molar-refractivity contribution in [3.63, 3.8) is 0 Å². The minimum absolute atomic E-state index is 0.215. The van der Waals surface area contributed by atoms with E-state index in [0.29, 0.717) is 28.5 Å². The number of hydrogen-bond acceptors (Lipinski definition) is 8. The molecular weight excluding hydrogens is 428 g/mol. The van der Waals surface area contributed by atoms with E-state index in [0.717, 1.165) is 11.6 Å². The molecule has 158 valence electrons. The fraction of sp³-hybridized carbons (Fsp3) is 0.0455. The molecule has 10 heteroatoms. The number of nitrogens with one attached hydrogen (secondary N) is 1. The number of sulfone groups is 1. The predicted octanol–water partition coefficient (Wildman–Crippen LogP) is 2.85. The van der Waals surface area contributed by atoms with Crippen molar-refractivity contribution in [2.45, 2.75) is 4.90 Å². The molecule has 0 aliphatic carbocycles. The van der Waals surface area contributed by atoms with Crippen LogP contribution in [0.15, 0.2) is 82.6 Å². The Bertz CT molecular complexity index is 1650.